The van der Waals surface area contributed by atoms with Gasteiger partial charge in [0.1, 0.15) is 0 Å². The first-order valence-corrected chi connectivity index (χ1v) is 6.71. The number of nitrogens with one attached hydrogen (secondary N) is 1. The van der Waals surface area contributed by atoms with Crippen LogP contribution < -0.4 is 5.32 Å². The second-order valence-electron chi connectivity index (χ2n) is 4.51. The highest BCUT2D eigenvalue weighted by molar-refractivity contribution is 7.11. The molecule has 1 heterocycles. The molecule has 0 amide bonds. The number of thiazole rings is 1. The summed E-state index contributed by atoms with van der Waals surface area (Å²) in [6, 6.07) is 0.527. The molecule has 1 fully saturated rings. The van der Waals surface area contributed by atoms with Crippen LogP contribution in [0.4, 0.5) is 0 Å². The summed E-state index contributed by atoms with van der Waals surface area (Å²) in [5, 5.41) is 4.61. The highest BCUT2D eigenvalue weighted by atomic mass is 32.1. The SMILES string of the molecule is CNC(CC1CCCC1)c1cnc(C)s1. The molecule has 0 radical (unpaired) electrons. The van der Waals surface area contributed by atoms with Gasteiger partial charge in [-0.25, -0.2) is 4.98 Å². The topological polar surface area (TPSA) is 24.9 Å². The summed E-state index contributed by atoms with van der Waals surface area (Å²) < 4.78 is 0. The fraction of sp³-hybridized carbons (Fsp3) is 0.750. The summed E-state index contributed by atoms with van der Waals surface area (Å²) >= 11 is 1.83. The molecule has 0 aliphatic heterocycles. The molecule has 0 bridgehead atoms. The Labute approximate surface area is 96.1 Å². The Hall–Kier alpha value is -0.410. The second-order valence-corrected chi connectivity index (χ2v) is 5.78. The zero-order chi connectivity index (χ0) is 10.7. The number of nitrogens with zero attached hydrogens (tertiary/aromatic N) is 1. The van der Waals surface area contributed by atoms with Crippen LogP contribution in [0.15, 0.2) is 6.20 Å². The lowest BCUT2D eigenvalue weighted by Crippen LogP contribution is -2.18. The van der Waals surface area contributed by atoms with Gasteiger partial charge in [-0.1, -0.05) is 25.7 Å². The molecular weight excluding hydrogens is 204 g/mol. The highest BCUT2D eigenvalue weighted by Gasteiger charge is 2.21. The van der Waals surface area contributed by atoms with Crippen molar-refractivity contribution in [2.75, 3.05) is 7.05 Å². The minimum atomic E-state index is 0.527. The zero-order valence-electron chi connectivity index (χ0n) is 9.62. The van der Waals surface area contributed by atoms with Crippen LogP contribution in [0.5, 0.6) is 0 Å². The van der Waals surface area contributed by atoms with Crippen molar-refractivity contribution in [2.45, 2.75) is 45.1 Å². The van der Waals surface area contributed by atoms with Crippen LogP contribution in [0.3, 0.4) is 0 Å². The van der Waals surface area contributed by atoms with Crippen LogP contribution >= 0.6 is 11.3 Å². The first-order chi connectivity index (χ1) is 7.29. The molecule has 1 atom stereocenters. The third kappa shape index (κ3) is 2.79. The van der Waals surface area contributed by atoms with Crippen molar-refractivity contribution in [2.24, 2.45) is 5.92 Å². The predicted molar refractivity (Wildman–Crippen MR) is 65.2 cm³/mol. The number of hydrogen-bond acceptors (Lipinski definition) is 3. The van der Waals surface area contributed by atoms with E-state index in [1.54, 1.807) is 0 Å². The molecule has 3 heteroatoms. The molecule has 2 rings (SSSR count). The van der Waals surface area contributed by atoms with E-state index in [-0.39, 0.29) is 0 Å². The molecule has 0 saturated heterocycles. The van der Waals surface area contributed by atoms with Crippen molar-refractivity contribution in [1.82, 2.24) is 10.3 Å². The van der Waals surface area contributed by atoms with Crippen LogP contribution in [0.1, 0.15) is 48.0 Å². The Kier molecular flexibility index (Phi) is 3.76. The standard InChI is InChI=1S/C12H20N2S/c1-9-14-8-12(15-9)11(13-2)7-10-5-3-4-6-10/h8,10-11,13H,3-7H2,1-2H3. The van der Waals surface area contributed by atoms with Gasteiger partial charge in [0, 0.05) is 17.1 Å². The van der Waals surface area contributed by atoms with Gasteiger partial charge in [-0.05, 0) is 26.3 Å². The molecule has 1 unspecified atom stereocenters. The van der Waals surface area contributed by atoms with Crippen molar-refractivity contribution in [3.05, 3.63) is 16.1 Å². The van der Waals surface area contributed by atoms with E-state index in [0.717, 1.165) is 5.92 Å². The lowest BCUT2D eigenvalue weighted by molar-refractivity contribution is 0.417. The van der Waals surface area contributed by atoms with E-state index < -0.39 is 0 Å². The van der Waals surface area contributed by atoms with Gasteiger partial charge >= 0.3 is 0 Å². The summed E-state index contributed by atoms with van der Waals surface area (Å²) in [6.45, 7) is 2.08. The molecular formula is C12H20N2S. The van der Waals surface area contributed by atoms with Gasteiger partial charge in [-0.2, -0.15) is 0 Å². The van der Waals surface area contributed by atoms with E-state index in [1.165, 1.54) is 42.0 Å². The average Bonchev–Trinajstić information content (AvgIpc) is 2.85. The van der Waals surface area contributed by atoms with Crippen molar-refractivity contribution < 1.29 is 0 Å². The van der Waals surface area contributed by atoms with Crippen LogP contribution in [-0.2, 0) is 0 Å². The summed E-state index contributed by atoms with van der Waals surface area (Å²) in [5.41, 5.74) is 0. The molecule has 2 nitrogen and oxygen atoms in total. The Morgan fingerprint density at radius 3 is 2.80 bits per heavy atom. The highest BCUT2D eigenvalue weighted by Crippen LogP contribution is 2.34. The molecule has 15 heavy (non-hydrogen) atoms. The zero-order valence-corrected chi connectivity index (χ0v) is 10.4. The molecule has 1 N–H and O–H groups in total. The van der Waals surface area contributed by atoms with Crippen LogP contribution in [-0.4, -0.2) is 12.0 Å². The largest absolute Gasteiger partial charge is 0.312 e. The van der Waals surface area contributed by atoms with Gasteiger partial charge in [-0.3, -0.25) is 0 Å². The quantitative estimate of drug-likeness (QED) is 0.849. The Morgan fingerprint density at radius 2 is 2.27 bits per heavy atom. The van der Waals surface area contributed by atoms with Gasteiger partial charge in [0.05, 0.1) is 5.01 Å². The number of hydrogen-bond donors (Lipinski definition) is 1. The van der Waals surface area contributed by atoms with E-state index in [9.17, 15) is 0 Å². The maximum atomic E-state index is 4.34. The van der Waals surface area contributed by atoms with E-state index in [2.05, 4.69) is 24.3 Å². The predicted octanol–water partition coefficient (Wildman–Crippen LogP) is 3.29. The van der Waals surface area contributed by atoms with E-state index in [4.69, 9.17) is 0 Å². The van der Waals surface area contributed by atoms with E-state index in [1.807, 2.05) is 17.5 Å². The number of aryl methyl sites for hydroxylation is 1. The van der Waals surface area contributed by atoms with Gasteiger partial charge in [-0.15, -0.1) is 11.3 Å². The fourth-order valence-electron chi connectivity index (χ4n) is 2.49. The first kappa shape index (κ1) is 11.1. The van der Waals surface area contributed by atoms with Gasteiger partial charge in [0.25, 0.3) is 0 Å². The molecule has 0 spiro atoms. The van der Waals surface area contributed by atoms with Crippen molar-refractivity contribution >= 4 is 11.3 Å². The van der Waals surface area contributed by atoms with E-state index in [0.29, 0.717) is 6.04 Å². The molecule has 0 aromatic carbocycles. The first-order valence-electron chi connectivity index (χ1n) is 5.89. The van der Waals surface area contributed by atoms with Crippen LogP contribution in [0, 0.1) is 12.8 Å². The van der Waals surface area contributed by atoms with Gasteiger partial charge in [0.2, 0.25) is 0 Å². The molecule has 1 aliphatic rings. The van der Waals surface area contributed by atoms with Crippen molar-refractivity contribution in [3.8, 4) is 0 Å². The van der Waals surface area contributed by atoms with Crippen LogP contribution in [0.25, 0.3) is 0 Å². The summed E-state index contributed by atoms with van der Waals surface area (Å²) in [6.07, 6.45) is 9.05. The minimum absolute atomic E-state index is 0.527. The smallest absolute Gasteiger partial charge is 0.0897 e. The third-order valence-corrected chi connectivity index (χ3v) is 4.40. The number of rotatable bonds is 4. The van der Waals surface area contributed by atoms with Crippen LogP contribution in [0.2, 0.25) is 0 Å². The summed E-state index contributed by atoms with van der Waals surface area (Å²) in [4.78, 5) is 5.74. The lowest BCUT2D eigenvalue weighted by Gasteiger charge is -2.18. The molecule has 1 saturated carbocycles. The second kappa shape index (κ2) is 5.08. The lowest BCUT2D eigenvalue weighted by atomic mass is 9.98. The maximum Gasteiger partial charge on any atom is 0.0897 e. The minimum Gasteiger partial charge on any atom is -0.312 e. The average molecular weight is 224 g/mol. The third-order valence-electron chi connectivity index (χ3n) is 3.37. The Morgan fingerprint density at radius 1 is 1.53 bits per heavy atom. The van der Waals surface area contributed by atoms with Crippen molar-refractivity contribution in [1.29, 1.82) is 0 Å². The summed E-state index contributed by atoms with van der Waals surface area (Å²) in [5.74, 6) is 0.935. The maximum absolute atomic E-state index is 4.34. The Bertz CT molecular complexity index is 302. The van der Waals surface area contributed by atoms with Gasteiger partial charge < -0.3 is 5.32 Å². The summed E-state index contributed by atoms with van der Waals surface area (Å²) in [7, 11) is 2.06. The molecule has 1 aromatic heterocycles. The Balaban J connectivity index is 1.97. The van der Waals surface area contributed by atoms with Gasteiger partial charge in [0.15, 0.2) is 0 Å². The molecule has 1 aliphatic carbocycles. The van der Waals surface area contributed by atoms with Crippen molar-refractivity contribution in [3.63, 3.8) is 0 Å². The van der Waals surface area contributed by atoms with E-state index >= 15 is 0 Å². The fourth-order valence-corrected chi connectivity index (χ4v) is 3.40. The number of aromatic nitrogens is 1. The molecule has 1 aromatic rings. The monoisotopic (exact) mass is 224 g/mol. The normalized spacial score (nSPS) is 19.6. The molecule has 84 valence electrons.